The van der Waals surface area contributed by atoms with Crippen molar-refractivity contribution in [1.29, 1.82) is 0 Å². The van der Waals surface area contributed by atoms with Gasteiger partial charge in [-0.1, -0.05) is 43.2 Å². The topological polar surface area (TPSA) is 41.4 Å². The van der Waals surface area contributed by atoms with Crippen LogP contribution in [0.1, 0.15) is 55.2 Å². The molecule has 0 bridgehead atoms. The highest BCUT2D eigenvalue weighted by molar-refractivity contribution is 5.91. The predicted molar refractivity (Wildman–Crippen MR) is 111 cm³/mol. The molecule has 150 valence electrons. The van der Waals surface area contributed by atoms with Gasteiger partial charge in [-0.05, 0) is 45.2 Å². The summed E-state index contributed by atoms with van der Waals surface area (Å²) in [5.74, 6) is 0.630. The third-order valence-corrected chi connectivity index (χ3v) is 6.98. The summed E-state index contributed by atoms with van der Waals surface area (Å²) in [5, 5.41) is 0. The minimum Gasteiger partial charge on any atom is -0.330 e. The van der Waals surface area contributed by atoms with E-state index in [9.17, 15) is 4.79 Å². The van der Waals surface area contributed by atoms with Crippen molar-refractivity contribution < 1.29 is 4.79 Å². The molecule has 28 heavy (non-hydrogen) atoms. The van der Waals surface area contributed by atoms with Gasteiger partial charge in [0.05, 0.1) is 5.54 Å². The third kappa shape index (κ3) is 3.37. The summed E-state index contributed by atoms with van der Waals surface area (Å²) in [5.41, 5.74) is 1.22. The number of benzene rings is 1. The Bertz CT molecular complexity index is 817. The lowest BCUT2D eigenvalue weighted by atomic mass is 9.83. The number of nitrogens with zero attached hydrogens (tertiary/aromatic N) is 4. The number of imidazole rings is 1. The van der Waals surface area contributed by atoms with E-state index < -0.39 is 0 Å². The zero-order valence-corrected chi connectivity index (χ0v) is 17.3. The summed E-state index contributed by atoms with van der Waals surface area (Å²) in [7, 11) is 4.16. The van der Waals surface area contributed by atoms with Gasteiger partial charge in [0, 0.05) is 38.1 Å². The number of fused-ring (bicyclic) bond motifs is 1. The van der Waals surface area contributed by atoms with Crippen molar-refractivity contribution in [3.05, 3.63) is 54.1 Å². The van der Waals surface area contributed by atoms with Crippen LogP contribution in [0.4, 0.5) is 0 Å². The van der Waals surface area contributed by atoms with Gasteiger partial charge in [-0.15, -0.1) is 0 Å². The normalized spacial score (nSPS) is 28.6. The lowest BCUT2D eigenvalue weighted by Crippen LogP contribution is -2.57. The summed E-state index contributed by atoms with van der Waals surface area (Å²) in [4.78, 5) is 22.6. The standard InChI is InChI=1S/C23H32N4O/c1-23-17-19(16-18-10-6-4-7-11-18)26(3)20(23)12-8-5-9-14-27(23)22(28)21-24-13-15-25(21)2/h4,6-7,10-11,13,15,19-20H,5,8-9,12,14,16-17H2,1-3H3/t19-,20+,23+/m1/s1. The summed E-state index contributed by atoms with van der Waals surface area (Å²) >= 11 is 0. The van der Waals surface area contributed by atoms with E-state index in [4.69, 9.17) is 0 Å². The average Bonchev–Trinajstić information content (AvgIpc) is 3.19. The van der Waals surface area contributed by atoms with Gasteiger partial charge in [-0.3, -0.25) is 9.69 Å². The molecular formula is C23H32N4O. The quantitative estimate of drug-likeness (QED) is 0.818. The van der Waals surface area contributed by atoms with E-state index in [2.05, 4.69) is 59.1 Å². The number of likely N-dealkylation sites (tertiary alicyclic amines) is 2. The van der Waals surface area contributed by atoms with E-state index in [1.165, 1.54) is 18.4 Å². The van der Waals surface area contributed by atoms with Crippen molar-refractivity contribution in [3.8, 4) is 0 Å². The molecule has 0 aliphatic carbocycles. The molecule has 1 aromatic carbocycles. The van der Waals surface area contributed by atoms with E-state index >= 15 is 0 Å². The molecule has 0 radical (unpaired) electrons. The monoisotopic (exact) mass is 380 g/mol. The fourth-order valence-electron chi connectivity index (χ4n) is 5.42. The van der Waals surface area contributed by atoms with Crippen LogP contribution < -0.4 is 0 Å². The van der Waals surface area contributed by atoms with Crippen LogP contribution in [-0.2, 0) is 13.5 Å². The lowest BCUT2D eigenvalue weighted by molar-refractivity contribution is 0.0328. The first kappa shape index (κ1) is 19.2. The molecule has 5 nitrogen and oxygen atoms in total. The van der Waals surface area contributed by atoms with Crippen molar-refractivity contribution in [3.63, 3.8) is 0 Å². The third-order valence-electron chi connectivity index (χ3n) is 6.98. The average molecular weight is 381 g/mol. The molecule has 0 unspecified atom stereocenters. The van der Waals surface area contributed by atoms with Crippen molar-refractivity contribution in [1.82, 2.24) is 19.4 Å². The Labute approximate surface area is 168 Å². The molecule has 1 aromatic heterocycles. The van der Waals surface area contributed by atoms with Crippen LogP contribution in [0.3, 0.4) is 0 Å². The van der Waals surface area contributed by atoms with Gasteiger partial charge in [-0.25, -0.2) is 4.98 Å². The van der Waals surface area contributed by atoms with Crippen LogP contribution in [0.2, 0.25) is 0 Å². The van der Waals surface area contributed by atoms with Crippen LogP contribution in [0.5, 0.6) is 0 Å². The molecule has 5 heteroatoms. The number of carbonyl (C=O) groups is 1. The Morgan fingerprint density at radius 3 is 2.68 bits per heavy atom. The van der Waals surface area contributed by atoms with Gasteiger partial charge in [0.2, 0.25) is 0 Å². The van der Waals surface area contributed by atoms with Crippen molar-refractivity contribution >= 4 is 5.91 Å². The highest BCUT2D eigenvalue weighted by Gasteiger charge is 2.52. The summed E-state index contributed by atoms with van der Waals surface area (Å²) in [6.07, 6.45) is 10.3. The maximum absolute atomic E-state index is 13.5. The Hall–Kier alpha value is -2.14. The fraction of sp³-hybridized carbons (Fsp3) is 0.565. The number of amides is 1. The number of aryl methyl sites for hydroxylation is 1. The maximum atomic E-state index is 13.5. The smallest absolute Gasteiger partial charge is 0.290 e. The van der Waals surface area contributed by atoms with Gasteiger partial charge < -0.3 is 9.47 Å². The summed E-state index contributed by atoms with van der Waals surface area (Å²) < 4.78 is 1.85. The molecule has 2 aliphatic rings. The van der Waals surface area contributed by atoms with Crippen LogP contribution >= 0.6 is 0 Å². The maximum Gasteiger partial charge on any atom is 0.290 e. The van der Waals surface area contributed by atoms with Crippen molar-refractivity contribution in [2.24, 2.45) is 7.05 Å². The number of likely N-dealkylation sites (N-methyl/N-ethyl adjacent to an activating group) is 1. The van der Waals surface area contributed by atoms with Crippen LogP contribution in [0, 0.1) is 0 Å². The molecular weight excluding hydrogens is 348 g/mol. The highest BCUT2D eigenvalue weighted by atomic mass is 16.2. The number of hydrogen-bond acceptors (Lipinski definition) is 3. The first-order valence-corrected chi connectivity index (χ1v) is 10.6. The van der Waals surface area contributed by atoms with Crippen LogP contribution in [0.15, 0.2) is 42.7 Å². The minimum atomic E-state index is -0.155. The molecule has 0 N–H and O–H groups in total. The number of hydrogen-bond donors (Lipinski definition) is 0. The molecule has 3 heterocycles. The summed E-state index contributed by atoms with van der Waals surface area (Å²) in [6, 6.07) is 11.6. The number of aromatic nitrogens is 2. The second-order valence-electron chi connectivity index (χ2n) is 8.75. The number of carbonyl (C=O) groups excluding carboxylic acids is 1. The van der Waals surface area contributed by atoms with Gasteiger partial charge in [0.1, 0.15) is 0 Å². The molecule has 4 rings (SSSR count). The van der Waals surface area contributed by atoms with E-state index in [1.807, 2.05) is 17.8 Å². The first-order valence-electron chi connectivity index (χ1n) is 10.6. The Balaban J connectivity index is 1.64. The predicted octanol–water partition coefficient (Wildman–Crippen LogP) is 3.51. The minimum absolute atomic E-state index is 0.0793. The zero-order chi connectivity index (χ0) is 19.7. The first-order chi connectivity index (χ1) is 13.5. The largest absolute Gasteiger partial charge is 0.330 e. The molecule has 0 saturated carbocycles. The molecule has 2 aromatic rings. The van der Waals surface area contributed by atoms with E-state index in [0.717, 1.165) is 32.2 Å². The van der Waals surface area contributed by atoms with Crippen LogP contribution in [0.25, 0.3) is 0 Å². The lowest BCUT2D eigenvalue weighted by Gasteiger charge is -2.45. The Morgan fingerprint density at radius 2 is 1.96 bits per heavy atom. The fourth-order valence-corrected chi connectivity index (χ4v) is 5.42. The molecule has 2 aliphatic heterocycles. The van der Waals surface area contributed by atoms with Gasteiger partial charge in [0.25, 0.3) is 5.91 Å². The highest BCUT2D eigenvalue weighted by Crippen LogP contribution is 2.42. The molecule has 0 spiro atoms. The second-order valence-corrected chi connectivity index (χ2v) is 8.75. The Morgan fingerprint density at radius 1 is 1.18 bits per heavy atom. The van der Waals surface area contributed by atoms with Crippen molar-refractivity contribution in [2.45, 2.75) is 63.1 Å². The molecule has 2 saturated heterocycles. The van der Waals surface area contributed by atoms with Gasteiger partial charge in [0.15, 0.2) is 5.82 Å². The SMILES string of the molecule is CN1[C@H](Cc2ccccc2)C[C@@]2(C)[C@@H]1CCCCCN2C(=O)c1nccn1C. The Kier molecular flexibility index (Phi) is 5.28. The molecule has 3 atom stereocenters. The van der Waals surface area contributed by atoms with Crippen LogP contribution in [-0.4, -0.2) is 56.5 Å². The van der Waals surface area contributed by atoms with Gasteiger partial charge in [-0.2, -0.15) is 0 Å². The van der Waals surface area contributed by atoms with E-state index in [1.54, 1.807) is 6.20 Å². The molecule has 1 amide bonds. The van der Waals surface area contributed by atoms with Gasteiger partial charge >= 0.3 is 0 Å². The zero-order valence-electron chi connectivity index (χ0n) is 17.3. The van der Waals surface area contributed by atoms with Crippen molar-refractivity contribution in [2.75, 3.05) is 13.6 Å². The number of rotatable bonds is 3. The molecule has 2 fully saturated rings. The summed E-state index contributed by atoms with van der Waals surface area (Å²) in [6.45, 7) is 3.13. The van der Waals surface area contributed by atoms with E-state index in [-0.39, 0.29) is 11.4 Å². The second kappa shape index (κ2) is 7.70. The van der Waals surface area contributed by atoms with E-state index in [0.29, 0.717) is 17.9 Å².